The lowest BCUT2D eigenvalue weighted by atomic mass is 10.0. The third-order valence-corrected chi connectivity index (χ3v) is 6.33. The van der Waals surface area contributed by atoms with E-state index in [2.05, 4.69) is 47.5 Å². The van der Waals surface area contributed by atoms with Crippen LogP contribution in [0.4, 0.5) is 0 Å². The zero-order valence-corrected chi connectivity index (χ0v) is 19.1. The first kappa shape index (κ1) is 22.8. The molecule has 1 aromatic heterocycles. The second-order valence-corrected chi connectivity index (χ2v) is 8.76. The summed E-state index contributed by atoms with van der Waals surface area (Å²) in [4.78, 5) is 17.7. The lowest BCUT2D eigenvalue weighted by Gasteiger charge is -2.32. The number of ether oxygens (including phenoxy) is 1. The number of hydrogen-bond donors (Lipinski definition) is 1. The summed E-state index contributed by atoms with van der Waals surface area (Å²) in [6, 6.07) is 12.5. The van der Waals surface area contributed by atoms with Crippen LogP contribution in [0.1, 0.15) is 48.6 Å². The van der Waals surface area contributed by atoms with E-state index in [1.807, 2.05) is 17.0 Å². The molecule has 2 heterocycles. The Balaban J connectivity index is 1.45. The second kappa shape index (κ2) is 11.5. The summed E-state index contributed by atoms with van der Waals surface area (Å²) in [5.74, 6) is 0.905. The maximum Gasteiger partial charge on any atom is 0.241 e. The van der Waals surface area contributed by atoms with Crippen LogP contribution < -0.4 is 5.32 Å². The first-order chi connectivity index (χ1) is 15.7. The van der Waals surface area contributed by atoms with Crippen molar-refractivity contribution in [2.24, 2.45) is 0 Å². The Bertz CT molecular complexity index is 870. The molecule has 0 bridgehead atoms. The van der Waals surface area contributed by atoms with Crippen molar-refractivity contribution in [1.82, 2.24) is 15.1 Å². The first-order valence-corrected chi connectivity index (χ1v) is 11.8. The van der Waals surface area contributed by atoms with Gasteiger partial charge in [-0.05, 0) is 50.3 Å². The Hall–Kier alpha value is -2.41. The maximum absolute atomic E-state index is 13.4. The largest absolute Gasteiger partial charge is 0.467 e. The fourth-order valence-electron chi connectivity index (χ4n) is 4.41. The van der Waals surface area contributed by atoms with Crippen molar-refractivity contribution in [2.75, 3.05) is 39.4 Å². The van der Waals surface area contributed by atoms with E-state index in [0.29, 0.717) is 13.1 Å². The molecule has 2 aromatic rings. The van der Waals surface area contributed by atoms with Gasteiger partial charge in [0.25, 0.3) is 0 Å². The van der Waals surface area contributed by atoms with E-state index in [0.717, 1.165) is 63.6 Å². The number of furan rings is 1. The Morgan fingerprint density at radius 3 is 2.66 bits per heavy atom. The summed E-state index contributed by atoms with van der Waals surface area (Å²) in [5.41, 5.74) is 3.58. The Morgan fingerprint density at radius 1 is 1.16 bits per heavy atom. The summed E-state index contributed by atoms with van der Waals surface area (Å²) < 4.78 is 11.1. The average Bonchev–Trinajstić information content (AvgIpc) is 3.35. The Morgan fingerprint density at radius 2 is 1.97 bits per heavy atom. The number of nitrogens with one attached hydrogen (secondary N) is 1. The molecule has 0 saturated carbocycles. The highest BCUT2D eigenvalue weighted by atomic mass is 16.5. The van der Waals surface area contributed by atoms with Gasteiger partial charge in [0.05, 0.1) is 32.6 Å². The molecule has 1 saturated heterocycles. The number of morpholine rings is 1. The van der Waals surface area contributed by atoms with Gasteiger partial charge in [0.2, 0.25) is 5.91 Å². The number of carbonyl (C=O) groups is 1. The number of rotatable bonds is 9. The number of carbonyl (C=O) groups excluding carboxylic acids is 1. The minimum Gasteiger partial charge on any atom is -0.467 e. The van der Waals surface area contributed by atoms with Gasteiger partial charge >= 0.3 is 0 Å². The second-order valence-electron chi connectivity index (χ2n) is 8.76. The fourth-order valence-corrected chi connectivity index (χ4v) is 4.41. The van der Waals surface area contributed by atoms with Crippen molar-refractivity contribution in [3.63, 3.8) is 0 Å². The molecule has 0 radical (unpaired) electrons. The predicted octanol–water partition coefficient (Wildman–Crippen LogP) is 4.04. The number of nitrogens with zero attached hydrogens (tertiary/aromatic N) is 2. The van der Waals surface area contributed by atoms with Crippen molar-refractivity contribution in [2.45, 2.75) is 45.2 Å². The van der Waals surface area contributed by atoms with Crippen LogP contribution in [0.25, 0.3) is 0 Å². The zero-order valence-electron chi connectivity index (χ0n) is 19.1. The number of amides is 1. The molecule has 1 aliphatic heterocycles. The molecule has 6 nitrogen and oxygen atoms in total. The number of benzene rings is 1. The molecule has 0 unspecified atom stereocenters. The third kappa shape index (κ3) is 6.31. The quantitative estimate of drug-likeness (QED) is 0.642. The van der Waals surface area contributed by atoms with E-state index in [-0.39, 0.29) is 11.9 Å². The highest BCUT2D eigenvalue weighted by Crippen LogP contribution is 2.24. The van der Waals surface area contributed by atoms with Crippen LogP contribution in [0.5, 0.6) is 0 Å². The maximum atomic E-state index is 13.4. The molecule has 1 amide bonds. The lowest BCUT2D eigenvalue weighted by molar-refractivity contribution is -0.129. The van der Waals surface area contributed by atoms with E-state index >= 15 is 0 Å². The Labute approximate surface area is 191 Å². The summed E-state index contributed by atoms with van der Waals surface area (Å²) in [6.45, 7) is 7.13. The zero-order chi connectivity index (χ0) is 22.2. The Kier molecular flexibility index (Phi) is 8.15. The van der Waals surface area contributed by atoms with Crippen LogP contribution >= 0.6 is 0 Å². The molecule has 0 spiro atoms. The highest BCUT2D eigenvalue weighted by Gasteiger charge is 2.23. The summed E-state index contributed by atoms with van der Waals surface area (Å²) >= 11 is 0. The summed E-state index contributed by atoms with van der Waals surface area (Å²) in [5, 5.41) is 3.57. The summed E-state index contributed by atoms with van der Waals surface area (Å²) in [7, 11) is 0. The predicted molar refractivity (Wildman–Crippen MR) is 125 cm³/mol. The van der Waals surface area contributed by atoms with Crippen molar-refractivity contribution in [3.8, 4) is 0 Å². The van der Waals surface area contributed by atoms with E-state index < -0.39 is 0 Å². The van der Waals surface area contributed by atoms with Gasteiger partial charge in [-0.3, -0.25) is 9.69 Å². The van der Waals surface area contributed by atoms with E-state index in [4.69, 9.17) is 9.15 Å². The van der Waals surface area contributed by atoms with Crippen LogP contribution in [0.2, 0.25) is 0 Å². The fraction of sp³-hybridized carbons (Fsp3) is 0.500. The van der Waals surface area contributed by atoms with E-state index in [9.17, 15) is 4.79 Å². The third-order valence-electron chi connectivity index (χ3n) is 6.33. The number of hydrogen-bond acceptors (Lipinski definition) is 5. The number of aryl methyl sites for hydroxylation is 1. The normalized spacial score (nSPS) is 18.2. The molecule has 2 aliphatic rings. The molecular weight excluding hydrogens is 402 g/mol. The average molecular weight is 438 g/mol. The molecule has 1 aromatic carbocycles. The minimum atomic E-state index is 0.0865. The van der Waals surface area contributed by atoms with Gasteiger partial charge in [0, 0.05) is 31.4 Å². The SMILES string of the molecule is Cc1ccc([C@H](CN2CCOCC2)NCC(=O)N(Cc2ccco2)C2=CCCCC2)cc1. The molecule has 4 rings (SSSR count). The van der Waals surface area contributed by atoms with Crippen LogP contribution in [0, 0.1) is 6.92 Å². The van der Waals surface area contributed by atoms with Gasteiger partial charge in [-0.15, -0.1) is 0 Å². The standard InChI is InChI=1S/C26H35N3O3/c1-21-9-11-22(12-10-21)25(20-28-13-16-31-17-14-28)27-18-26(30)29(19-24-8-5-15-32-24)23-6-3-2-4-7-23/h5-6,8-12,15,25,27H,2-4,7,13-14,16-20H2,1H3/t25-/m0/s1. The molecular formula is C26H35N3O3. The topological polar surface area (TPSA) is 58.0 Å². The van der Waals surface area contributed by atoms with Gasteiger partial charge in [0.1, 0.15) is 5.76 Å². The van der Waals surface area contributed by atoms with Crippen molar-refractivity contribution in [1.29, 1.82) is 0 Å². The van der Waals surface area contributed by atoms with E-state index in [1.165, 1.54) is 17.5 Å². The molecule has 1 atom stereocenters. The molecule has 1 aliphatic carbocycles. The molecule has 32 heavy (non-hydrogen) atoms. The van der Waals surface area contributed by atoms with E-state index in [1.54, 1.807) is 6.26 Å². The van der Waals surface area contributed by atoms with Crippen LogP contribution in [-0.2, 0) is 16.1 Å². The minimum absolute atomic E-state index is 0.0865. The molecule has 1 fully saturated rings. The molecule has 172 valence electrons. The van der Waals surface area contributed by atoms with Crippen molar-refractivity contribution >= 4 is 5.91 Å². The monoisotopic (exact) mass is 437 g/mol. The van der Waals surface area contributed by atoms with Gasteiger partial charge < -0.3 is 19.4 Å². The molecule has 6 heteroatoms. The van der Waals surface area contributed by atoms with Gasteiger partial charge in [-0.1, -0.05) is 35.9 Å². The van der Waals surface area contributed by atoms with Crippen molar-refractivity contribution in [3.05, 3.63) is 71.3 Å². The molecule has 1 N–H and O–H groups in total. The van der Waals surface area contributed by atoms with Gasteiger partial charge in [-0.25, -0.2) is 0 Å². The highest BCUT2D eigenvalue weighted by molar-refractivity contribution is 5.80. The van der Waals surface area contributed by atoms with Crippen LogP contribution in [0.3, 0.4) is 0 Å². The van der Waals surface area contributed by atoms with Gasteiger partial charge in [0.15, 0.2) is 0 Å². The lowest BCUT2D eigenvalue weighted by Crippen LogP contribution is -2.44. The van der Waals surface area contributed by atoms with Gasteiger partial charge in [-0.2, -0.15) is 0 Å². The summed E-state index contributed by atoms with van der Waals surface area (Å²) in [6.07, 6.45) is 8.19. The van der Waals surface area contributed by atoms with Crippen molar-refractivity contribution < 1.29 is 13.9 Å². The van der Waals surface area contributed by atoms with Crippen LogP contribution in [-0.4, -0.2) is 55.1 Å². The number of allylic oxidation sites excluding steroid dienone is 2. The first-order valence-electron chi connectivity index (χ1n) is 11.8. The van der Waals surface area contributed by atoms with Crippen LogP contribution in [0.15, 0.2) is 58.9 Å². The smallest absolute Gasteiger partial charge is 0.241 e.